The summed E-state index contributed by atoms with van der Waals surface area (Å²) >= 11 is 0. The van der Waals surface area contributed by atoms with E-state index >= 15 is 0 Å². The number of nitrogens with zero attached hydrogens (tertiary/aromatic N) is 1. The second kappa shape index (κ2) is 10.2. The molecule has 0 atom stereocenters. The van der Waals surface area contributed by atoms with Crippen LogP contribution in [0, 0.1) is 0 Å². The van der Waals surface area contributed by atoms with Gasteiger partial charge in [-0.3, -0.25) is 4.90 Å². The third kappa shape index (κ3) is 6.33. The van der Waals surface area contributed by atoms with Crippen LogP contribution in [0.2, 0.25) is 0 Å². The number of rotatable bonds is 6. The molecule has 148 valence electrons. The predicted octanol–water partition coefficient (Wildman–Crippen LogP) is -0.210. The van der Waals surface area contributed by atoms with Crippen molar-refractivity contribution in [2.45, 2.75) is 0 Å². The van der Waals surface area contributed by atoms with Gasteiger partial charge in [-0.25, -0.2) is 19.2 Å². The summed E-state index contributed by atoms with van der Waals surface area (Å²) in [5.74, 6) is -6.64. The quantitative estimate of drug-likeness (QED) is 0.437. The van der Waals surface area contributed by atoms with Crippen LogP contribution in [-0.4, -0.2) is 93.8 Å². The van der Waals surface area contributed by atoms with Crippen molar-refractivity contribution in [3.8, 4) is 0 Å². The number of morpholine rings is 1. The Morgan fingerprint density at radius 3 is 1.37 bits per heavy atom. The number of carbonyl (C=O) groups is 4. The number of aliphatic hydroxyl groups excluding tert-OH is 1. The normalized spacial score (nSPS) is 14.0. The predicted molar refractivity (Wildman–Crippen MR) is 88.6 cm³/mol. The smallest absolute Gasteiger partial charge is 0.336 e. The average Bonchev–Trinajstić information content (AvgIpc) is 2.62. The van der Waals surface area contributed by atoms with Crippen LogP contribution < -0.4 is 0 Å². The highest BCUT2D eigenvalue weighted by Crippen LogP contribution is 2.18. The van der Waals surface area contributed by atoms with E-state index in [0.717, 1.165) is 32.8 Å². The van der Waals surface area contributed by atoms with E-state index in [1.807, 2.05) is 0 Å². The van der Waals surface area contributed by atoms with Crippen LogP contribution in [0.15, 0.2) is 12.1 Å². The van der Waals surface area contributed by atoms with Gasteiger partial charge < -0.3 is 30.3 Å². The maximum atomic E-state index is 10.8. The fourth-order valence-electron chi connectivity index (χ4n) is 2.27. The van der Waals surface area contributed by atoms with Gasteiger partial charge in [-0.2, -0.15) is 0 Å². The molecule has 11 nitrogen and oxygen atoms in total. The van der Waals surface area contributed by atoms with Crippen molar-refractivity contribution < 1.29 is 49.4 Å². The molecule has 1 aromatic rings. The summed E-state index contributed by atoms with van der Waals surface area (Å²) in [5.41, 5.74) is -3.15. The van der Waals surface area contributed by atoms with Crippen molar-refractivity contribution in [3.63, 3.8) is 0 Å². The molecule has 0 aromatic heterocycles. The van der Waals surface area contributed by atoms with Crippen LogP contribution in [0.4, 0.5) is 0 Å². The molecule has 5 N–H and O–H groups in total. The van der Waals surface area contributed by atoms with Crippen LogP contribution in [0.5, 0.6) is 0 Å². The standard InChI is InChI=1S/C10H6O8.C6H13NO2/c11-7(12)3-1-4(8(13)14)6(10(17)18)2-5(3)9(15)16;8-4-1-7-2-5-9-6-3-7/h1-2H,(H,11,12)(H,13,14)(H,15,16)(H,17,18);8H,1-6H2. The summed E-state index contributed by atoms with van der Waals surface area (Å²) in [5, 5.41) is 43.5. The fraction of sp³-hybridized carbons (Fsp3) is 0.375. The van der Waals surface area contributed by atoms with Gasteiger partial charge >= 0.3 is 23.9 Å². The first kappa shape index (κ1) is 22.0. The van der Waals surface area contributed by atoms with Crippen LogP contribution >= 0.6 is 0 Å². The Bertz CT molecular complexity index is 623. The molecule has 1 aromatic carbocycles. The lowest BCUT2D eigenvalue weighted by atomic mass is 9.98. The maximum Gasteiger partial charge on any atom is 0.336 e. The third-order valence-electron chi connectivity index (χ3n) is 3.60. The highest BCUT2D eigenvalue weighted by atomic mass is 16.5. The van der Waals surface area contributed by atoms with Crippen LogP contribution in [0.25, 0.3) is 0 Å². The van der Waals surface area contributed by atoms with Gasteiger partial charge in [0.1, 0.15) is 0 Å². The molecule has 27 heavy (non-hydrogen) atoms. The average molecular weight is 385 g/mol. The summed E-state index contributed by atoms with van der Waals surface area (Å²) in [6, 6.07) is 1.02. The van der Waals surface area contributed by atoms with Crippen molar-refractivity contribution in [2.75, 3.05) is 39.5 Å². The molecule has 0 amide bonds. The Labute approximate surface area is 153 Å². The number of hydrogen-bond acceptors (Lipinski definition) is 7. The van der Waals surface area contributed by atoms with Gasteiger partial charge in [-0.15, -0.1) is 0 Å². The van der Waals surface area contributed by atoms with Gasteiger partial charge in [0.2, 0.25) is 0 Å². The minimum atomic E-state index is -1.66. The molecule has 2 rings (SSSR count). The largest absolute Gasteiger partial charge is 0.478 e. The first-order valence-corrected chi connectivity index (χ1v) is 7.71. The van der Waals surface area contributed by atoms with Crippen LogP contribution in [-0.2, 0) is 4.74 Å². The molecular formula is C16H19NO10. The highest BCUT2D eigenvalue weighted by Gasteiger charge is 2.24. The lowest BCUT2D eigenvalue weighted by molar-refractivity contribution is 0.0306. The van der Waals surface area contributed by atoms with Gasteiger partial charge in [0.05, 0.1) is 42.1 Å². The minimum absolute atomic E-state index is 0.264. The van der Waals surface area contributed by atoms with E-state index in [0.29, 0.717) is 12.1 Å². The Hall–Kier alpha value is -3.02. The number of β-amino-alcohol motifs (C(OH)–C–C–N with tert-alkyl or cyclic N) is 1. The summed E-state index contributed by atoms with van der Waals surface area (Å²) in [6.45, 7) is 4.64. The van der Waals surface area contributed by atoms with Crippen molar-refractivity contribution in [2.24, 2.45) is 0 Å². The molecule has 1 aliphatic heterocycles. The van der Waals surface area contributed by atoms with Crippen LogP contribution in [0.3, 0.4) is 0 Å². The molecule has 1 fully saturated rings. The number of carboxylic acid groups (broad SMARTS) is 4. The van der Waals surface area contributed by atoms with Crippen molar-refractivity contribution in [1.82, 2.24) is 4.90 Å². The molecule has 1 aliphatic rings. The Morgan fingerprint density at radius 1 is 0.778 bits per heavy atom. The van der Waals surface area contributed by atoms with Gasteiger partial charge in [-0.1, -0.05) is 0 Å². The number of aliphatic hydroxyl groups is 1. The van der Waals surface area contributed by atoms with Gasteiger partial charge in [0.25, 0.3) is 0 Å². The van der Waals surface area contributed by atoms with Crippen molar-refractivity contribution in [3.05, 3.63) is 34.4 Å². The van der Waals surface area contributed by atoms with E-state index in [1.165, 1.54) is 0 Å². The van der Waals surface area contributed by atoms with E-state index in [4.69, 9.17) is 30.3 Å². The number of benzene rings is 1. The van der Waals surface area contributed by atoms with Crippen LogP contribution in [0.1, 0.15) is 41.4 Å². The summed E-state index contributed by atoms with van der Waals surface area (Å²) in [6.07, 6.45) is 0. The van der Waals surface area contributed by atoms with Crippen molar-refractivity contribution >= 4 is 23.9 Å². The topological polar surface area (TPSA) is 182 Å². The monoisotopic (exact) mass is 385 g/mol. The number of carboxylic acids is 4. The first-order valence-electron chi connectivity index (χ1n) is 7.71. The molecule has 1 saturated heterocycles. The molecule has 0 spiro atoms. The van der Waals surface area contributed by atoms with Gasteiger partial charge in [0, 0.05) is 19.6 Å². The molecule has 0 saturated carbocycles. The lowest BCUT2D eigenvalue weighted by Crippen LogP contribution is -2.37. The minimum Gasteiger partial charge on any atom is -0.478 e. The second-order valence-corrected chi connectivity index (χ2v) is 5.34. The molecule has 0 unspecified atom stereocenters. The van der Waals surface area contributed by atoms with E-state index in [9.17, 15) is 19.2 Å². The molecule has 0 bridgehead atoms. The molecule has 11 heteroatoms. The van der Waals surface area contributed by atoms with Gasteiger partial charge in [0.15, 0.2) is 0 Å². The second-order valence-electron chi connectivity index (χ2n) is 5.34. The number of aromatic carboxylic acids is 4. The lowest BCUT2D eigenvalue weighted by Gasteiger charge is -2.25. The number of hydrogen-bond donors (Lipinski definition) is 5. The molecular weight excluding hydrogens is 366 g/mol. The molecule has 1 heterocycles. The van der Waals surface area contributed by atoms with E-state index in [2.05, 4.69) is 4.90 Å². The van der Waals surface area contributed by atoms with Crippen molar-refractivity contribution in [1.29, 1.82) is 0 Å². The zero-order valence-corrected chi connectivity index (χ0v) is 14.1. The third-order valence-corrected chi connectivity index (χ3v) is 3.60. The molecule has 0 radical (unpaired) electrons. The SMILES string of the molecule is O=C(O)c1cc(C(=O)O)c(C(=O)O)cc1C(=O)O.OCCN1CCOCC1. The zero-order chi connectivity index (χ0) is 20.6. The van der Waals surface area contributed by atoms with Gasteiger partial charge in [-0.05, 0) is 12.1 Å². The first-order chi connectivity index (χ1) is 12.7. The Balaban J connectivity index is 0.000000337. The zero-order valence-electron chi connectivity index (χ0n) is 14.1. The molecule has 0 aliphatic carbocycles. The Morgan fingerprint density at radius 2 is 1.11 bits per heavy atom. The van der Waals surface area contributed by atoms with E-state index < -0.39 is 46.1 Å². The highest BCUT2D eigenvalue weighted by molar-refractivity contribution is 6.09. The summed E-state index contributed by atoms with van der Waals surface area (Å²) in [4.78, 5) is 45.3. The summed E-state index contributed by atoms with van der Waals surface area (Å²) in [7, 11) is 0. The Kier molecular flexibility index (Phi) is 8.33. The summed E-state index contributed by atoms with van der Waals surface area (Å²) < 4.78 is 5.12. The fourth-order valence-corrected chi connectivity index (χ4v) is 2.27. The van der Waals surface area contributed by atoms with E-state index in [-0.39, 0.29) is 6.61 Å². The number of ether oxygens (including phenoxy) is 1. The van der Waals surface area contributed by atoms with E-state index in [1.54, 1.807) is 0 Å². The maximum absolute atomic E-state index is 10.8.